The van der Waals surface area contributed by atoms with E-state index in [2.05, 4.69) is 4.98 Å². The maximum atomic E-state index is 10.5. The topological polar surface area (TPSA) is 50.2 Å². The van der Waals surface area contributed by atoms with Gasteiger partial charge in [0.25, 0.3) is 0 Å². The summed E-state index contributed by atoms with van der Waals surface area (Å²) in [5, 5.41) is 12.3. The molecule has 15 heavy (non-hydrogen) atoms. The summed E-state index contributed by atoms with van der Waals surface area (Å²) < 4.78 is 0. The summed E-state index contributed by atoms with van der Waals surface area (Å²) in [6, 6.07) is 0. The van der Waals surface area contributed by atoms with Crippen molar-refractivity contribution < 1.29 is 9.90 Å². The van der Waals surface area contributed by atoms with Crippen molar-refractivity contribution in [3.8, 4) is 0 Å². The van der Waals surface area contributed by atoms with Gasteiger partial charge < -0.3 is 5.11 Å². The van der Waals surface area contributed by atoms with Crippen LogP contribution >= 0.6 is 23.1 Å². The lowest BCUT2D eigenvalue weighted by atomic mass is 10.2. The zero-order valence-corrected chi connectivity index (χ0v) is 9.94. The molecule has 1 aliphatic rings. The first-order chi connectivity index (χ1) is 7.24. The first-order valence-corrected chi connectivity index (χ1v) is 6.93. The highest BCUT2D eigenvalue weighted by Crippen LogP contribution is 2.29. The monoisotopic (exact) mass is 243 g/mol. The van der Waals surface area contributed by atoms with Gasteiger partial charge in [-0.2, -0.15) is 11.8 Å². The van der Waals surface area contributed by atoms with E-state index in [1.165, 1.54) is 18.6 Å². The van der Waals surface area contributed by atoms with Gasteiger partial charge in [-0.1, -0.05) is 0 Å². The highest BCUT2D eigenvalue weighted by atomic mass is 32.2. The Balaban J connectivity index is 1.91. The second-order valence-electron chi connectivity index (χ2n) is 3.64. The lowest BCUT2D eigenvalue weighted by Gasteiger charge is -2.03. The maximum absolute atomic E-state index is 10.5. The number of thiazole rings is 1. The standard InChI is InChI=1S/C10H13NO2S2/c12-10(13)4-7-6-15-9(11-7)5-8-2-1-3-14-8/h6,8H,1-5H2,(H,12,13). The smallest absolute Gasteiger partial charge is 0.309 e. The number of nitrogens with zero attached hydrogens (tertiary/aromatic N) is 1. The summed E-state index contributed by atoms with van der Waals surface area (Å²) in [6.07, 6.45) is 3.64. The Morgan fingerprint density at radius 3 is 3.20 bits per heavy atom. The second-order valence-corrected chi connectivity index (χ2v) is 5.99. The molecular formula is C10H13NO2S2. The molecule has 0 saturated carbocycles. The Kier molecular flexibility index (Phi) is 3.64. The number of hydrogen-bond acceptors (Lipinski definition) is 4. The fourth-order valence-electron chi connectivity index (χ4n) is 1.68. The van der Waals surface area contributed by atoms with Gasteiger partial charge in [-0.05, 0) is 18.6 Å². The molecule has 1 unspecified atom stereocenters. The minimum Gasteiger partial charge on any atom is -0.481 e. The predicted octanol–water partition coefficient (Wildman–Crippen LogP) is 2.21. The van der Waals surface area contributed by atoms with Crippen LogP contribution < -0.4 is 0 Å². The van der Waals surface area contributed by atoms with Crippen LogP contribution in [-0.4, -0.2) is 27.1 Å². The van der Waals surface area contributed by atoms with Crippen LogP contribution in [0.3, 0.4) is 0 Å². The predicted molar refractivity (Wildman–Crippen MR) is 62.6 cm³/mol. The summed E-state index contributed by atoms with van der Waals surface area (Å²) in [5.74, 6) is 0.458. The fourth-order valence-corrected chi connectivity index (χ4v) is 3.94. The number of aliphatic carboxylic acids is 1. The van der Waals surface area contributed by atoms with E-state index in [4.69, 9.17) is 5.11 Å². The van der Waals surface area contributed by atoms with E-state index in [1.807, 2.05) is 17.1 Å². The quantitative estimate of drug-likeness (QED) is 0.881. The molecular weight excluding hydrogens is 230 g/mol. The number of thioether (sulfide) groups is 1. The van der Waals surface area contributed by atoms with Crippen molar-refractivity contribution in [1.29, 1.82) is 0 Å². The molecule has 3 nitrogen and oxygen atoms in total. The van der Waals surface area contributed by atoms with E-state index in [0.29, 0.717) is 10.9 Å². The molecule has 5 heteroatoms. The molecule has 1 atom stereocenters. The highest BCUT2D eigenvalue weighted by Gasteiger charge is 2.17. The first-order valence-electron chi connectivity index (χ1n) is 5.00. The molecule has 1 fully saturated rings. The third-order valence-electron chi connectivity index (χ3n) is 2.36. The highest BCUT2D eigenvalue weighted by molar-refractivity contribution is 8.00. The summed E-state index contributed by atoms with van der Waals surface area (Å²) in [4.78, 5) is 14.8. The van der Waals surface area contributed by atoms with Gasteiger partial charge in [0, 0.05) is 17.1 Å². The van der Waals surface area contributed by atoms with Gasteiger partial charge >= 0.3 is 5.97 Å². The molecule has 0 aliphatic carbocycles. The Bertz CT molecular complexity index is 345. The first kappa shape index (κ1) is 11.0. The minimum atomic E-state index is -0.804. The lowest BCUT2D eigenvalue weighted by molar-refractivity contribution is -0.136. The average Bonchev–Trinajstić information content (AvgIpc) is 2.77. The third-order valence-corrected chi connectivity index (χ3v) is 4.68. The molecule has 1 saturated heterocycles. The Morgan fingerprint density at radius 1 is 1.67 bits per heavy atom. The number of carboxylic acid groups (broad SMARTS) is 1. The molecule has 1 N–H and O–H groups in total. The van der Waals surface area contributed by atoms with Crippen molar-refractivity contribution in [3.63, 3.8) is 0 Å². The van der Waals surface area contributed by atoms with Crippen LogP contribution in [0.1, 0.15) is 23.5 Å². The molecule has 0 amide bonds. The molecule has 0 radical (unpaired) electrons. The normalized spacial score (nSPS) is 20.7. The molecule has 0 bridgehead atoms. The Morgan fingerprint density at radius 2 is 2.53 bits per heavy atom. The SMILES string of the molecule is O=C(O)Cc1csc(CC2CCCS2)n1. The van der Waals surface area contributed by atoms with E-state index in [1.54, 1.807) is 11.3 Å². The Hall–Kier alpha value is -0.550. The van der Waals surface area contributed by atoms with Crippen molar-refractivity contribution >= 4 is 29.1 Å². The van der Waals surface area contributed by atoms with E-state index >= 15 is 0 Å². The molecule has 1 aromatic heterocycles. The number of aromatic nitrogens is 1. The number of carbonyl (C=O) groups is 1. The molecule has 0 spiro atoms. The largest absolute Gasteiger partial charge is 0.481 e. The van der Waals surface area contributed by atoms with Crippen LogP contribution in [0.5, 0.6) is 0 Å². The van der Waals surface area contributed by atoms with Crippen LogP contribution in [0.4, 0.5) is 0 Å². The van der Waals surface area contributed by atoms with E-state index < -0.39 is 5.97 Å². The van der Waals surface area contributed by atoms with Crippen LogP contribution in [0.15, 0.2) is 5.38 Å². The maximum Gasteiger partial charge on any atom is 0.309 e. The number of carboxylic acids is 1. The zero-order valence-electron chi connectivity index (χ0n) is 8.31. The van der Waals surface area contributed by atoms with Gasteiger partial charge in [0.15, 0.2) is 0 Å². The number of hydrogen-bond donors (Lipinski definition) is 1. The zero-order chi connectivity index (χ0) is 10.7. The molecule has 1 aromatic rings. The molecule has 2 heterocycles. The average molecular weight is 243 g/mol. The van der Waals surface area contributed by atoms with Crippen LogP contribution in [0.2, 0.25) is 0 Å². The van der Waals surface area contributed by atoms with Gasteiger partial charge in [-0.15, -0.1) is 11.3 Å². The van der Waals surface area contributed by atoms with E-state index in [-0.39, 0.29) is 6.42 Å². The van der Waals surface area contributed by atoms with Gasteiger partial charge in [0.2, 0.25) is 0 Å². The van der Waals surface area contributed by atoms with Crippen molar-refractivity contribution in [3.05, 3.63) is 16.1 Å². The number of rotatable bonds is 4. The van der Waals surface area contributed by atoms with Crippen LogP contribution in [0.25, 0.3) is 0 Å². The summed E-state index contributed by atoms with van der Waals surface area (Å²) in [7, 11) is 0. The molecule has 1 aliphatic heterocycles. The van der Waals surface area contributed by atoms with Crippen molar-refractivity contribution in [2.45, 2.75) is 30.9 Å². The van der Waals surface area contributed by atoms with Crippen molar-refractivity contribution in [2.24, 2.45) is 0 Å². The Labute approximate surface area is 96.9 Å². The van der Waals surface area contributed by atoms with Crippen LogP contribution in [0, 0.1) is 0 Å². The molecule has 0 aromatic carbocycles. The van der Waals surface area contributed by atoms with Gasteiger partial charge in [-0.3, -0.25) is 4.79 Å². The summed E-state index contributed by atoms with van der Waals surface area (Å²) in [5.41, 5.74) is 0.700. The second kappa shape index (κ2) is 4.99. The molecule has 82 valence electrons. The van der Waals surface area contributed by atoms with Crippen molar-refractivity contribution in [1.82, 2.24) is 4.98 Å². The summed E-state index contributed by atoms with van der Waals surface area (Å²) in [6.45, 7) is 0. The van der Waals surface area contributed by atoms with E-state index in [9.17, 15) is 4.79 Å². The van der Waals surface area contributed by atoms with Gasteiger partial charge in [-0.25, -0.2) is 4.98 Å². The van der Waals surface area contributed by atoms with Crippen LogP contribution in [-0.2, 0) is 17.6 Å². The van der Waals surface area contributed by atoms with Crippen molar-refractivity contribution in [2.75, 3.05) is 5.75 Å². The summed E-state index contributed by atoms with van der Waals surface area (Å²) >= 11 is 3.60. The lowest BCUT2D eigenvalue weighted by Crippen LogP contribution is -2.03. The van der Waals surface area contributed by atoms with Gasteiger partial charge in [0.05, 0.1) is 17.1 Å². The van der Waals surface area contributed by atoms with Gasteiger partial charge in [0.1, 0.15) is 0 Å². The molecule has 2 rings (SSSR count). The third kappa shape index (κ3) is 3.21. The minimum absolute atomic E-state index is 0.0499. The fraction of sp³-hybridized carbons (Fsp3) is 0.600. The van der Waals surface area contributed by atoms with E-state index in [0.717, 1.165) is 11.4 Å².